The highest BCUT2D eigenvalue weighted by molar-refractivity contribution is 6.20. The van der Waals surface area contributed by atoms with Crippen molar-refractivity contribution in [1.29, 1.82) is 0 Å². The number of imidazole rings is 1. The number of fused-ring (bicyclic) bond motifs is 3. The van der Waals surface area contributed by atoms with Gasteiger partial charge in [-0.1, -0.05) is 6.07 Å². The van der Waals surface area contributed by atoms with Gasteiger partial charge in [0, 0.05) is 19.5 Å². The summed E-state index contributed by atoms with van der Waals surface area (Å²) < 4.78 is 6.83. The van der Waals surface area contributed by atoms with Gasteiger partial charge in [-0.05, 0) is 25.2 Å². The van der Waals surface area contributed by atoms with E-state index in [0.29, 0.717) is 6.54 Å². The van der Waals surface area contributed by atoms with Crippen LogP contribution >= 0.6 is 0 Å². The second-order valence-electron chi connectivity index (χ2n) is 7.05. The number of aryl methyl sites for hydroxylation is 1. The number of aromatic amines is 1. The van der Waals surface area contributed by atoms with Gasteiger partial charge in [0.2, 0.25) is 13.9 Å². The van der Waals surface area contributed by atoms with Crippen molar-refractivity contribution in [3.8, 4) is 11.4 Å². The van der Waals surface area contributed by atoms with Crippen LogP contribution in [-0.2, 0) is 23.1 Å². The van der Waals surface area contributed by atoms with Crippen molar-refractivity contribution < 1.29 is 9.53 Å². The lowest BCUT2D eigenvalue weighted by molar-refractivity contribution is -0.124. The van der Waals surface area contributed by atoms with Crippen LogP contribution in [0.3, 0.4) is 0 Å². The van der Waals surface area contributed by atoms with E-state index in [1.54, 1.807) is 6.33 Å². The zero-order valence-electron chi connectivity index (χ0n) is 16.9. The fourth-order valence-corrected chi connectivity index (χ4v) is 3.33. The molecule has 2 N–H and O–H groups in total. The Balaban J connectivity index is 1.74. The molecule has 0 atom stereocenters. The molecule has 0 saturated carbocycles. The number of carbonyl (C=O) groups is 1. The fraction of sp³-hybridized carbons (Fsp3) is 0.263. The van der Waals surface area contributed by atoms with E-state index in [2.05, 4.69) is 20.3 Å². The molecule has 0 fully saturated rings. The van der Waals surface area contributed by atoms with E-state index in [-0.39, 0.29) is 12.5 Å². The third-order valence-electron chi connectivity index (χ3n) is 4.67. The summed E-state index contributed by atoms with van der Waals surface area (Å²) in [5, 5.41) is 3.77. The van der Waals surface area contributed by atoms with Crippen LogP contribution in [0.2, 0.25) is 0 Å². The van der Waals surface area contributed by atoms with Crippen LogP contribution in [0, 0.1) is 0 Å². The van der Waals surface area contributed by atoms with Crippen LogP contribution in [-0.4, -0.2) is 59.2 Å². The van der Waals surface area contributed by atoms with Gasteiger partial charge in [-0.25, -0.2) is 15.0 Å². The predicted octanol–water partition coefficient (Wildman–Crippen LogP) is 0.758. The number of nitrogens with zero attached hydrogens (tertiary/aromatic N) is 5. The molecule has 0 aliphatic carbocycles. The molecule has 4 rings (SSSR count). The minimum atomic E-state index is -0.177. The Kier molecular flexibility index (Phi) is 4.93. The summed E-state index contributed by atoms with van der Waals surface area (Å²) in [6.45, 7) is 0.369. The number of hydrogen-bond acceptors (Lipinski definition) is 6. The number of ether oxygens (including phenoxy) is 1. The molecule has 29 heavy (non-hydrogen) atoms. The van der Waals surface area contributed by atoms with Gasteiger partial charge < -0.3 is 24.4 Å². The first-order valence-electron chi connectivity index (χ1n) is 9.21. The smallest absolute Gasteiger partial charge is 0.246 e. The first kappa shape index (κ1) is 18.9. The zero-order valence-corrected chi connectivity index (χ0v) is 16.9. The topological polar surface area (TPSA) is 101 Å². The lowest BCUT2D eigenvalue weighted by Gasteiger charge is -2.12. The van der Waals surface area contributed by atoms with Crippen molar-refractivity contribution in [2.24, 2.45) is 7.05 Å². The number of amides is 1. The van der Waals surface area contributed by atoms with Gasteiger partial charge >= 0.3 is 0 Å². The highest BCUT2D eigenvalue weighted by Gasteiger charge is 2.17. The molecule has 0 unspecified atom stereocenters. The van der Waals surface area contributed by atoms with Crippen LogP contribution in [0.1, 0.15) is 5.69 Å². The van der Waals surface area contributed by atoms with Crippen LogP contribution in [0.5, 0.6) is 0 Å². The number of nitrogens with one attached hydrogen (secondary N) is 2. The van der Waals surface area contributed by atoms with E-state index < -0.39 is 0 Å². The second-order valence-corrected chi connectivity index (χ2v) is 7.05. The maximum absolute atomic E-state index is 11.6. The summed E-state index contributed by atoms with van der Waals surface area (Å²) in [6, 6.07) is 7.77. The van der Waals surface area contributed by atoms with Crippen molar-refractivity contribution in [2.75, 3.05) is 25.6 Å². The highest BCUT2D eigenvalue weighted by Crippen LogP contribution is 2.32. The molecular weight excluding hydrogens is 369 g/mol. The third-order valence-corrected chi connectivity index (χ3v) is 4.67. The standard InChI is InChI=1S/C19H22BN7O2/c1-26-10-22-16-17(26)12-7-14(24-18(12)25-19(16)27(2)20)13-6-4-5-11(23-13)8-21-15(28)9-29-3/h4-7,10H,8-9,20H2,1-3H3,(H,21,28)(H,24,25). The molecule has 10 heteroatoms. The lowest BCUT2D eigenvalue weighted by Crippen LogP contribution is -2.26. The van der Waals surface area contributed by atoms with Crippen LogP contribution in [0.4, 0.5) is 5.82 Å². The molecule has 0 aliphatic heterocycles. The molecule has 0 spiro atoms. The van der Waals surface area contributed by atoms with Crippen LogP contribution < -0.4 is 10.1 Å². The molecule has 0 bridgehead atoms. The SMILES string of the molecule is BN(C)c1nc2[nH]c(-c3cccc(CNC(=O)COC)n3)cc2c2c1ncn2C. The Hall–Kier alpha value is -3.40. The number of hydrogen-bond donors (Lipinski definition) is 2. The van der Waals surface area contributed by atoms with E-state index >= 15 is 0 Å². The molecule has 0 aromatic carbocycles. The molecule has 4 aromatic rings. The molecule has 0 radical (unpaired) electrons. The maximum atomic E-state index is 11.6. The Labute approximate surface area is 168 Å². The molecule has 148 valence electrons. The molecule has 0 aliphatic rings. The number of carbonyl (C=O) groups excluding carboxylic acids is 1. The Morgan fingerprint density at radius 3 is 2.97 bits per heavy atom. The van der Waals surface area contributed by atoms with Crippen molar-refractivity contribution in [3.63, 3.8) is 0 Å². The largest absolute Gasteiger partial charge is 0.408 e. The molecule has 4 heterocycles. The predicted molar refractivity (Wildman–Crippen MR) is 114 cm³/mol. The molecule has 4 aromatic heterocycles. The van der Waals surface area contributed by atoms with E-state index in [4.69, 9.17) is 9.72 Å². The molecule has 0 saturated heterocycles. The van der Waals surface area contributed by atoms with Crippen LogP contribution in [0.15, 0.2) is 30.6 Å². The second kappa shape index (κ2) is 7.55. The van der Waals surface area contributed by atoms with Gasteiger partial charge in [-0.2, -0.15) is 0 Å². The molecule has 1 amide bonds. The minimum Gasteiger partial charge on any atom is -0.408 e. The van der Waals surface area contributed by atoms with Gasteiger partial charge in [0.1, 0.15) is 23.6 Å². The van der Waals surface area contributed by atoms with Crippen molar-refractivity contribution in [1.82, 2.24) is 29.8 Å². The average molecular weight is 391 g/mol. The molecule has 9 nitrogen and oxygen atoms in total. The van der Waals surface area contributed by atoms with Gasteiger partial charge in [-0.15, -0.1) is 0 Å². The van der Waals surface area contributed by atoms with Gasteiger partial charge in [0.15, 0.2) is 0 Å². The number of H-pyrrole nitrogens is 1. The van der Waals surface area contributed by atoms with Gasteiger partial charge in [0.05, 0.1) is 35.5 Å². The number of rotatable bonds is 6. The maximum Gasteiger partial charge on any atom is 0.246 e. The van der Waals surface area contributed by atoms with Gasteiger partial charge in [-0.3, -0.25) is 4.79 Å². The minimum absolute atomic E-state index is 0.0300. The van der Waals surface area contributed by atoms with Gasteiger partial charge in [0.25, 0.3) is 0 Å². The number of methoxy groups -OCH3 is 1. The van der Waals surface area contributed by atoms with E-state index in [1.165, 1.54) is 7.11 Å². The monoisotopic (exact) mass is 391 g/mol. The van der Waals surface area contributed by atoms with Crippen LogP contribution in [0.25, 0.3) is 33.5 Å². The highest BCUT2D eigenvalue weighted by atomic mass is 16.5. The first-order chi connectivity index (χ1) is 14.0. The van der Waals surface area contributed by atoms with Crippen molar-refractivity contribution in [2.45, 2.75) is 6.54 Å². The quantitative estimate of drug-likeness (QED) is 0.471. The summed E-state index contributed by atoms with van der Waals surface area (Å²) in [5.41, 5.74) is 5.06. The summed E-state index contributed by atoms with van der Waals surface area (Å²) in [6.07, 6.45) is 1.80. The average Bonchev–Trinajstić information content (AvgIpc) is 3.29. The summed E-state index contributed by atoms with van der Waals surface area (Å²) >= 11 is 0. The summed E-state index contributed by atoms with van der Waals surface area (Å²) in [7, 11) is 7.37. The van der Waals surface area contributed by atoms with Crippen molar-refractivity contribution in [3.05, 3.63) is 36.3 Å². The summed E-state index contributed by atoms with van der Waals surface area (Å²) in [5.74, 6) is 0.633. The molecular formula is C19H22BN7O2. The Bertz CT molecular complexity index is 1200. The normalized spacial score (nSPS) is 11.3. The number of pyridine rings is 2. The zero-order chi connectivity index (χ0) is 20.5. The lowest BCUT2D eigenvalue weighted by atomic mass is 10.2. The van der Waals surface area contributed by atoms with Crippen molar-refractivity contribution >= 4 is 41.8 Å². The third kappa shape index (κ3) is 3.54. The Morgan fingerprint density at radius 2 is 2.21 bits per heavy atom. The fourth-order valence-electron chi connectivity index (χ4n) is 3.33. The van der Waals surface area contributed by atoms with E-state index in [0.717, 1.165) is 45.0 Å². The Morgan fingerprint density at radius 1 is 1.38 bits per heavy atom. The number of aromatic nitrogens is 5. The van der Waals surface area contributed by atoms with E-state index in [1.807, 2.05) is 55.7 Å². The summed E-state index contributed by atoms with van der Waals surface area (Å²) in [4.78, 5) is 30.9. The first-order valence-corrected chi connectivity index (χ1v) is 9.21. The van der Waals surface area contributed by atoms with E-state index in [9.17, 15) is 4.79 Å². The number of anilines is 1.